The van der Waals surface area contributed by atoms with Crippen LogP contribution in [0.3, 0.4) is 0 Å². The molecule has 0 radical (unpaired) electrons. The van der Waals surface area contributed by atoms with Crippen LogP contribution in [-0.2, 0) is 11.2 Å². The molecule has 5 heteroatoms. The highest BCUT2D eigenvalue weighted by molar-refractivity contribution is 8.15. The number of benzene rings is 3. The number of nitrogens with zero attached hydrogens (tertiary/aromatic N) is 2. The van der Waals surface area contributed by atoms with Crippen molar-refractivity contribution in [3.8, 4) is 0 Å². The molecule has 1 aliphatic rings. The first-order valence-electron chi connectivity index (χ1n) is 8.40. The van der Waals surface area contributed by atoms with E-state index in [-0.39, 0.29) is 11.2 Å². The van der Waals surface area contributed by atoms with Gasteiger partial charge in [-0.1, -0.05) is 84.6 Å². The molecule has 0 aromatic heterocycles. The van der Waals surface area contributed by atoms with Gasteiger partial charge in [0.2, 0.25) is 5.91 Å². The van der Waals surface area contributed by atoms with Crippen molar-refractivity contribution in [1.82, 2.24) is 5.32 Å². The van der Waals surface area contributed by atoms with Gasteiger partial charge in [-0.05, 0) is 28.3 Å². The first-order chi connectivity index (χ1) is 12.8. The van der Waals surface area contributed by atoms with Crippen LogP contribution in [0.1, 0.15) is 11.1 Å². The predicted octanol–water partition coefficient (Wildman–Crippen LogP) is 4.00. The fourth-order valence-corrected chi connectivity index (χ4v) is 3.90. The van der Waals surface area contributed by atoms with Gasteiger partial charge in [-0.15, -0.1) is 5.10 Å². The van der Waals surface area contributed by atoms with Crippen molar-refractivity contribution in [1.29, 1.82) is 0 Å². The lowest BCUT2D eigenvalue weighted by atomic mass is 10.0. The Labute approximate surface area is 156 Å². The number of rotatable bonds is 4. The molecule has 0 spiro atoms. The number of hydrogen-bond donors (Lipinski definition) is 1. The summed E-state index contributed by atoms with van der Waals surface area (Å²) in [5, 5.41) is 13.8. The molecule has 0 bridgehead atoms. The van der Waals surface area contributed by atoms with Crippen LogP contribution in [0.25, 0.3) is 10.8 Å². The Morgan fingerprint density at radius 2 is 1.73 bits per heavy atom. The van der Waals surface area contributed by atoms with Gasteiger partial charge in [0.05, 0.1) is 11.5 Å². The van der Waals surface area contributed by atoms with Gasteiger partial charge in [0.25, 0.3) is 0 Å². The highest BCUT2D eigenvalue weighted by Gasteiger charge is 2.30. The Bertz CT molecular complexity index is 993. The van der Waals surface area contributed by atoms with E-state index in [1.165, 1.54) is 28.1 Å². The Kier molecular flexibility index (Phi) is 4.80. The summed E-state index contributed by atoms with van der Waals surface area (Å²) < 4.78 is 0. The lowest BCUT2D eigenvalue weighted by molar-refractivity contribution is -0.118. The van der Waals surface area contributed by atoms with E-state index in [0.717, 1.165) is 5.56 Å². The lowest BCUT2D eigenvalue weighted by Gasteiger charge is -2.09. The molecular formula is C21H17N3OS. The van der Waals surface area contributed by atoms with Crippen LogP contribution >= 0.6 is 11.8 Å². The minimum atomic E-state index is -0.188. The number of fused-ring (bicyclic) bond motifs is 1. The standard InChI is InChI=1S/C21H17N3OS/c25-20-19(13-17-11-6-10-16-9-4-5-12-18(16)17)26-21(23-20)24-22-14-15-7-2-1-3-8-15/h1-12,14,19H,13H2,(H,23,24,25)/b22-14-/t19-/m0/s1. The molecule has 0 saturated carbocycles. The highest BCUT2D eigenvalue weighted by atomic mass is 32.2. The van der Waals surface area contributed by atoms with Crippen molar-refractivity contribution < 1.29 is 4.79 Å². The van der Waals surface area contributed by atoms with Crippen molar-refractivity contribution in [2.45, 2.75) is 11.7 Å². The number of thioether (sulfide) groups is 1. The van der Waals surface area contributed by atoms with Gasteiger partial charge < -0.3 is 5.32 Å². The van der Waals surface area contributed by atoms with Gasteiger partial charge in [0, 0.05) is 0 Å². The van der Waals surface area contributed by atoms with Gasteiger partial charge in [-0.25, -0.2) is 0 Å². The topological polar surface area (TPSA) is 53.8 Å². The molecule has 3 aromatic carbocycles. The second kappa shape index (κ2) is 7.54. The molecule has 1 N–H and O–H groups in total. The Balaban J connectivity index is 1.48. The molecule has 128 valence electrons. The summed E-state index contributed by atoms with van der Waals surface area (Å²) in [5.74, 6) is -0.0170. The zero-order chi connectivity index (χ0) is 17.8. The molecule has 1 aliphatic heterocycles. The zero-order valence-corrected chi connectivity index (χ0v) is 14.8. The Morgan fingerprint density at radius 1 is 0.962 bits per heavy atom. The third-order valence-corrected chi connectivity index (χ3v) is 5.29. The first-order valence-corrected chi connectivity index (χ1v) is 9.28. The molecule has 3 aromatic rings. The minimum Gasteiger partial charge on any atom is -0.303 e. The molecule has 4 rings (SSSR count). The van der Waals surface area contributed by atoms with E-state index in [4.69, 9.17) is 0 Å². The zero-order valence-electron chi connectivity index (χ0n) is 14.0. The van der Waals surface area contributed by atoms with E-state index in [2.05, 4.69) is 39.8 Å². The number of amides is 1. The van der Waals surface area contributed by atoms with Crippen LogP contribution in [0.5, 0.6) is 0 Å². The monoisotopic (exact) mass is 359 g/mol. The average molecular weight is 359 g/mol. The maximum Gasteiger partial charge on any atom is 0.239 e. The highest BCUT2D eigenvalue weighted by Crippen LogP contribution is 2.27. The van der Waals surface area contributed by atoms with Crippen molar-refractivity contribution >= 4 is 39.8 Å². The van der Waals surface area contributed by atoms with Gasteiger partial charge in [-0.2, -0.15) is 5.10 Å². The van der Waals surface area contributed by atoms with Crippen molar-refractivity contribution in [3.05, 3.63) is 83.9 Å². The van der Waals surface area contributed by atoms with Crippen molar-refractivity contribution in [2.24, 2.45) is 10.2 Å². The summed E-state index contributed by atoms with van der Waals surface area (Å²) in [6.07, 6.45) is 2.34. The molecule has 1 heterocycles. The molecule has 26 heavy (non-hydrogen) atoms. The Morgan fingerprint density at radius 3 is 2.62 bits per heavy atom. The molecular weight excluding hydrogens is 342 g/mol. The van der Waals surface area contributed by atoms with Gasteiger partial charge >= 0.3 is 0 Å². The lowest BCUT2D eigenvalue weighted by Crippen LogP contribution is -2.26. The molecule has 1 fully saturated rings. The first kappa shape index (κ1) is 16.5. The van der Waals surface area contributed by atoms with Crippen LogP contribution in [-0.4, -0.2) is 22.5 Å². The van der Waals surface area contributed by atoms with Gasteiger partial charge in [0.15, 0.2) is 5.17 Å². The molecule has 0 aliphatic carbocycles. The number of carbonyl (C=O) groups excluding carboxylic acids is 1. The normalized spacial score (nSPS) is 18.7. The molecule has 1 atom stereocenters. The second-order valence-electron chi connectivity index (χ2n) is 6.00. The fraction of sp³-hybridized carbons (Fsp3) is 0.0952. The predicted molar refractivity (Wildman–Crippen MR) is 109 cm³/mol. The van der Waals surface area contributed by atoms with Gasteiger partial charge in [0.1, 0.15) is 0 Å². The van der Waals surface area contributed by atoms with Crippen molar-refractivity contribution in [2.75, 3.05) is 0 Å². The van der Waals surface area contributed by atoms with Crippen LogP contribution in [0, 0.1) is 0 Å². The number of nitrogens with one attached hydrogen (secondary N) is 1. The van der Waals surface area contributed by atoms with E-state index >= 15 is 0 Å². The maximum absolute atomic E-state index is 12.3. The summed E-state index contributed by atoms with van der Waals surface area (Å²) in [5.41, 5.74) is 2.14. The molecule has 1 amide bonds. The summed E-state index contributed by atoms with van der Waals surface area (Å²) in [6, 6.07) is 24.2. The third-order valence-electron chi connectivity index (χ3n) is 4.22. The Hall–Kier alpha value is -2.92. The number of carbonyl (C=O) groups is 1. The summed E-state index contributed by atoms with van der Waals surface area (Å²) in [6.45, 7) is 0. The number of amidine groups is 1. The quantitative estimate of drug-likeness (QED) is 0.565. The number of hydrogen-bond acceptors (Lipinski definition) is 4. The summed E-state index contributed by atoms with van der Waals surface area (Å²) >= 11 is 1.43. The maximum atomic E-state index is 12.3. The fourth-order valence-electron chi connectivity index (χ4n) is 2.94. The van der Waals surface area contributed by atoms with Crippen LogP contribution in [0.2, 0.25) is 0 Å². The van der Waals surface area contributed by atoms with E-state index in [9.17, 15) is 4.79 Å². The summed E-state index contributed by atoms with van der Waals surface area (Å²) in [4.78, 5) is 12.3. The molecule has 1 saturated heterocycles. The smallest absolute Gasteiger partial charge is 0.239 e. The SMILES string of the molecule is O=C1N/C(=N\N=C/c2ccccc2)S[C@H]1Cc1cccc2ccccc12. The van der Waals surface area contributed by atoms with Gasteiger partial charge in [-0.3, -0.25) is 4.79 Å². The van der Waals surface area contributed by atoms with Crippen LogP contribution < -0.4 is 5.32 Å². The van der Waals surface area contributed by atoms with E-state index in [1.807, 2.05) is 48.5 Å². The van der Waals surface area contributed by atoms with E-state index in [0.29, 0.717) is 11.6 Å². The van der Waals surface area contributed by atoms with Crippen LogP contribution in [0.4, 0.5) is 0 Å². The average Bonchev–Trinajstić information content (AvgIpc) is 3.02. The van der Waals surface area contributed by atoms with Crippen molar-refractivity contribution in [3.63, 3.8) is 0 Å². The summed E-state index contributed by atoms with van der Waals surface area (Å²) in [7, 11) is 0. The second-order valence-corrected chi connectivity index (χ2v) is 7.19. The minimum absolute atomic E-state index is 0.0170. The largest absolute Gasteiger partial charge is 0.303 e. The van der Waals surface area contributed by atoms with E-state index < -0.39 is 0 Å². The van der Waals surface area contributed by atoms with E-state index in [1.54, 1.807) is 6.21 Å². The molecule has 4 nitrogen and oxygen atoms in total. The van der Waals surface area contributed by atoms with Crippen LogP contribution in [0.15, 0.2) is 83.0 Å². The molecule has 0 unspecified atom stereocenters. The third kappa shape index (κ3) is 3.68.